The Hall–Kier alpha value is -1.06. The van der Waals surface area contributed by atoms with Gasteiger partial charge in [-0.25, -0.2) is 4.79 Å². The van der Waals surface area contributed by atoms with Crippen molar-refractivity contribution in [3.63, 3.8) is 0 Å². The minimum atomic E-state index is -0.808. The number of ketones is 1. The van der Waals surface area contributed by atoms with Crippen LogP contribution in [0.15, 0.2) is 0 Å². The summed E-state index contributed by atoms with van der Waals surface area (Å²) in [5, 5.41) is 0. The van der Waals surface area contributed by atoms with E-state index in [0.29, 0.717) is 0 Å². The fourth-order valence-corrected chi connectivity index (χ4v) is 0.440. The average Bonchev–Trinajstić information content (AvgIpc) is 1.79. The number of hydrogen-bond donors (Lipinski definition) is 0. The van der Waals surface area contributed by atoms with E-state index in [0.717, 1.165) is 0 Å². The number of Topliss-reactive ketones (excluding diaryl/α,β-unsaturated/α-hetero) is 1. The molecule has 0 N–H and O–H groups in total. The molecule has 0 aliphatic carbocycles. The van der Waals surface area contributed by atoms with E-state index >= 15 is 0 Å². The zero-order valence-corrected chi connectivity index (χ0v) is 7.84. The number of carbonyl (C=O) groups is 2. The van der Waals surface area contributed by atoms with Crippen molar-refractivity contribution in [1.29, 1.82) is 0 Å². The maximum absolute atomic E-state index is 10.8. The molecule has 0 amide bonds. The molecule has 70 valence electrons. The second-order valence-electron chi connectivity index (χ2n) is 3.46. The second-order valence-corrected chi connectivity index (χ2v) is 3.46. The zero-order valence-electron chi connectivity index (χ0n) is 7.84. The first-order valence-electron chi connectivity index (χ1n) is 3.66. The quantitative estimate of drug-likeness (QED) is 0.595. The average molecular weight is 174 g/mol. The first-order valence-corrected chi connectivity index (χ1v) is 3.66. The van der Waals surface area contributed by atoms with Gasteiger partial charge in [-0.15, -0.1) is 0 Å². The summed E-state index contributed by atoms with van der Waals surface area (Å²) in [6.07, 6.45) is -0.808. The Kier molecular flexibility index (Phi) is 3.73. The monoisotopic (exact) mass is 174 g/mol. The van der Waals surface area contributed by atoms with Crippen LogP contribution < -0.4 is 0 Å². The number of rotatable bonds is 2. The molecule has 0 unspecified atom stereocenters. The van der Waals surface area contributed by atoms with Crippen molar-refractivity contribution in [2.75, 3.05) is 6.61 Å². The lowest BCUT2D eigenvalue weighted by Gasteiger charge is -2.18. The molecule has 0 spiro atoms. The highest BCUT2D eigenvalue weighted by Gasteiger charge is 2.17. The first kappa shape index (κ1) is 10.9. The van der Waals surface area contributed by atoms with Gasteiger partial charge >= 0.3 is 6.16 Å². The van der Waals surface area contributed by atoms with E-state index in [1.807, 2.05) is 0 Å². The number of ether oxygens (including phenoxy) is 2. The van der Waals surface area contributed by atoms with Crippen LogP contribution in [0, 0.1) is 0 Å². The van der Waals surface area contributed by atoms with E-state index in [2.05, 4.69) is 4.74 Å². The van der Waals surface area contributed by atoms with Crippen molar-refractivity contribution >= 4 is 11.9 Å². The molecule has 0 heterocycles. The van der Waals surface area contributed by atoms with Crippen LogP contribution in [-0.4, -0.2) is 24.1 Å². The molecule has 0 atom stereocenters. The van der Waals surface area contributed by atoms with Crippen molar-refractivity contribution in [3.8, 4) is 0 Å². The normalized spacial score (nSPS) is 10.7. The van der Waals surface area contributed by atoms with Crippen molar-refractivity contribution in [3.05, 3.63) is 0 Å². The Morgan fingerprint density at radius 3 is 2.08 bits per heavy atom. The van der Waals surface area contributed by atoms with Crippen molar-refractivity contribution in [2.45, 2.75) is 33.3 Å². The lowest BCUT2D eigenvalue weighted by molar-refractivity contribution is -0.121. The Bertz CT molecular complexity index is 178. The molecule has 0 aliphatic heterocycles. The van der Waals surface area contributed by atoms with Crippen LogP contribution in [0.25, 0.3) is 0 Å². The Morgan fingerprint density at radius 2 is 1.75 bits per heavy atom. The predicted octanol–water partition coefficient (Wildman–Crippen LogP) is 1.53. The summed E-state index contributed by atoms with van der Waals surface area (Å²) in [6.45, 7) is 6.28. The summed E-state index contributed by atoms with van der Waals surface area (Å²) in [5.74, 6) is -0.208. The number of carbonyl (C=O) groups excluding carboxylic acids is 2. The molecular weight excluding hydrogens is 160 g/mol. The third-order valence-corrected chi connectivity index (χ3v) is 0.783. The number of hydrogen-bond acceptors (Lipinski definition) is 4. The van der Waals surface area contributed by atoms with E-state index in [1.54, 1.807) is 20.8 Å². The summed E-state index contributed by atoms with van der Waals surface area (Å²) in [7, 11) is 0. The van der Waals surface area contributed by atoms with Gasteiger partial charge in [-0.1, -0.05) is 0 Å². The van der Waals surface area contributed by atoms with Crippen LogP contribution in [-0.2, 0) is 14.3 Å². The van der Waals surface area contributed by atoms with Gasteiger partial charge in [0.1, 0.15) is 5.60 Å². The zero-order chi connectivity index (χ0) is 9.78. The van der Waals surface area contributed by atoms with Crippen LogP contribution in [0.2, 0.25) is 0 Å². The van der Waals surface area contributed by atoms with E-state index in [1.165, 1.54) is 6.92 Å². The molecule has 4 heteroatoms. The topological polar surface area (TPSA) is 52.6 Å². The molecule has 0 aromatic heterocycles. The third kappa shape index (κ3) is 7.05. The van der Waals surface area contributed by atoms with Crippen LogP contribution in [0.5, 0.6) is 0 Å². The van der Waals surface area contributed by atoms with E-state index < -0.39 is 11.8 Å². The molecule has 0 bridgehead atoms. The molecule has 0 aromatic rings. The molecule has 0 aromatic carbocycles. The van der Waals surface area contributed by atoms with Crippen LogP contribution in [0.1, 0.15) is 27.7 Å². The minimum Gasteiger partial charge on any atom is -0.429 e. The van der Waals surface area contributed by atoms with Gasteiger partial charge in [-0.3, -0.25) is 4.79 Å². The van der Waals surface area contributed by atoms with Gasteiger partial charge in [0.05, 0.1) is 0 Å². The molecule has 0 saturated carbocycles. The van der Waals surface area contributed by atoms with Crippen LogP contribution in [0.4, 0.5) is 4.79 Å². The summed E-state index contributed by atoms with van der Waals surface area (Å²) < 4.78 is 9.24. The van der Waals surface area contributed by atoms with Crippen molar-refractivity contribution < 1.29 is 19.1 Å². The molecular formula is C8H14O4. The van der Waals surface area contributed by atoms with Gasteiger partial charge in [0, 0.05) is 0 Å². The third-order valence-electron chi connectivity index (χ3n) is 0.783. The molecule has 0 saturated heterocycles. The maximum atomic E-state index is 10.8. The minimum absolute atomic E-state index is 0.208. The maximum Gasteiger partial charge on any atom is 0.509 e. The molecule has 0 rings (SSSR count). The molecule has 12 heavy (non-hydrogen) atoms. The molecule has 0 fully saturated rings. The van der Waals surface area contributed by atoms with E-state index in [9.17, 15) is 9.59 Å². The Balaban J connectivity index is 3.68. The Morgan fingerprint density at radius 1 is 1.25 bits per heavy atom. The molecule has 0 aliphatic rings. The first-order chi connectivity index (χ1) is 5.31. The highest BCUT2D eigenvalue weighted by Crippen LogP contribution is 2.07. The fraction of sp³-hybridized carbons (Fsp3) is 0.750. The largest absolute Gasteiger partial charge is 0.509 e. The van der Waals surface area contributed by atoms with Gasteiger partial charge in [0.2, 0.25) is 0 Å². The summed E-state index contributed by atoms with van der Waals surface area (Å²) in [6, 6.07) is 0. The Labute approximate surface area is 71.8 Å². The SMILES string of the molecule is CC(=O)COC(=O)OC(C)(C)C. The van der Waals surface area contributed by atoms with Crippen molar-refractivity contribution in [1.82, 2.24) is 0 Å². The lowest BCUT2D eigenvalue weighted by Crippen LogP contribution is -2.25. The summed E-state index contributed by atoms with van der Waals surface area (Å²) >= 11 is 0. The highest BCUT2D eigenvalue weighted by molar-refractivity contribution is 5.78. The lowest BCUT2D eigenvalue weighted by atomic mass is 10.2. The molecule has 4 nitrogen and oxygen atoms in total. The summed E-state index contributed by atoms with van der Waals surface area (Å²) in [5.41, 5.74) is -0.576. The van der Waals surface area contributed by atoms with E-state index in [-0.39, 0.29) is 12.4 Å². The van der Waals surface area contributed by atoms with Crippen LogP contribution in [0.3, 0.4) is 0 Å². The van der Waals surface area contributed by atoms with Gasteiger partial charge in [-0.2, -0.15) is 0 Å². The molecule has 0 radical (unpaired) electrons. The van der Waals surface area contributed by atoms with Gasteiger partial charge in [-0.05, 0) is 27.7 Å². The summed E-state index contributed by atoms with van der Waals surface area (Å²) in [4.78, 5) is 21.1. The standard InChI is InChI=1S/C8H14O4/c1-6(9)5-11-7(10)12-8(2,3)4/h5H2,1-4H3. The van der Waals surface area contributed by atoms with Gasteiger partial charge in [0.15, 0.2) is 12.4 Å². The second kappa shape index (κ2) is 4.09. The van der Waals surface area contributed by atoms with Crippen molar-refractivity contribution in [2.24, 2.45) is 0 Å². The van der Waals surface area contributed by atoms with Gasteiger partial charge < -0.3 is 9.47 Å². The predicted molar refractivity (Wildman–Crippen MR) is 42.9 cm³/mol. The highest BCUT2D eigenvalue weighted by atomic mass is 16.7. The van der Waals surface area contributed by atoms with E-state index in [4.69, 9.17) is 4.74 Å². The smallest absolute Gasteiger partial charge is 0.429 e. The van der Waals surface area contributed by atoms with Crippen LogP contribution >= 0.6 is 0 Å². The fourth-order valence-electron chi connectivity index (χ4n) is 0.440. The van der Waals surface area contributed by atoms with Gasteiger partial charge in [0.25, 0.3) is 0 Å².